The van der Waals surface area contributed by atoms with Crippen LogP contribution in [0.3, 0.4) is 0 Å². The standard InChI is InChI=1S/C10H11ClFNO2/c11-8-1-6(2-9(12)4-8)7(5-13)3-10(14)15/h1-2,4,7H,3,5,13H2,(H,14,15). The zero-order valence-electron chi connectivity index (χ0n) is 7.91. The number of rotatable bonds is 4. The van der Waals surface area contributed by atoms with Crippen LogP contribution in [-0.2, 0) is 4.79 Å². The smallest absolute Gasteiger partial charge is 0.304 e. The van der Waals surface area contributed by atoms with Gasteiger partial charge >= 0.3 is 5.97 Å². The molecule has 0 amide bonds. The maximum Gasteiger partial charge on any atom is 0.304 e. The normalized spacial score (nSPS) is 12.5. The Morgan fingerprint density at radius 3 is 2.67 bits per heavy atom. The van der Waals surface area contributed by atoms with Gasteiger partial charge in [-0.1, -0.05) is 11.6 Å². The number of carboxylic acid groups (broad SMARTS) is 1. The third kappa shape index (κ3) is 3.49. The molecule has 1 unspecified atom stereocenters. The van der Waals surface area contributed by atoms with Crippen LogP contribution in [0.2, 0.25) is 5.02 Å². The first-order valence-electron chi connectivity index (χ1n) is 4.40. The lowest BCUT2D eigenvalue weighted by atomic mass is 9.96. The summed E-state index contributed by atoms with van der Waals surface area (Å²) in [6, 6.07) is 3.96. The minimum absolute atomic E-state index is 0.129. The number of hydrogen-bond donors (Lipinski definition) is 2. The highest BCUT2D eigenvalue weighted by molar-refractivity contribution is 6.30. The lowest BCUT2D eigenvalue weighted by molar-refractivity contribution is -0.137. The first-order chi connectivity index (χ1) is 7.02. The Kier molecular flexibility index (Phi) is 4.05. The fourth-order valence-corrected chi connectivity index (χ4v) is 1.59. The molecule has 0 bridgehead atoms. The molecule has 0 saturated carbocycles. The predicted octanol–water partition coefficient (Wildman–Crippen LogP) is 2.00. The molecule has 3 nitrogen and oxygen atoms in total. The molecule has 0 aliphatic heterocycles. The second-order valence-electron chi connectivity index (χ2n) is 3.23. The Balaban J connectivity index is 2.95. The monoisotopic (exact) mass is 231 g/mol. The van der Waals surface area contributed by atoms with Crippen LogP contribution in [0.1, 0.15) is 17.9 Å². The van der Waals surface area contributed by atoms with E-state index in [4.69, 9.17) is 22.4 Å². The van der Waals surface area contributed by atoms with E-state index in [0.717, 1.165) is 0 Å². The van der Waals surface area contributed by atoms with Gasteiger partial charge in [-0.15, -0.1) is 0 Å². The molecule has 3 N–H and O–H groups in total. The summed E-state index contributed by atoms with van der Waals surface area (Å²) >= 11 is 5.66. The van der Waals surface area contributed by atoms with Gasteiger partial charge in [0.05, 0.1) is 6.42 Å². The number of carboxylic acids is 1. The Bertz CT molecular complexity index is 350. The lowest BCUT2D eigenvalue weighted by Crippen LogP contribution is -2.16. The number of nitrogens with two attached hydrogens (primary N) is 1. The van der Waals surface area contributed by atoms with E-state index in [2.05, 4.69) is 0 Å². The van der Waals surface area contributed by atoms with E-state index in [1.807, 2.05) is 0 Å². The molecular weight excluding hydrogens is 221 g/mol. The van der Waals surface area contributed by atoms with Gasteiger partial charge in [0, 0.05) is 10.9 Å². The molecule has 0 fully saturated rings. The molecule has 1 aromatic carbocycles. The van der Waals surface area contributed by atoms with Crippen molar-refractivity contribution < 1.29 is 14.3 Å². The molecule has 82 valence electrons. The number of hydrogen-bond acceptors (Lipinski definition) is 2. The SMILES string of the molecule is NCC(CC(=O)O)c1cc(F)cc(Cl)c1. The summed E-state index contributed by atoms with van der Waals surface area (Å²) in [5, 5.41) is 8.88. The predicted molar refractivity (Wildman–Crippen MR) is 55.5 cm³/mol. The van der Waals surface area contributed by atoms with Crippen LogP contribution in [0.4, 0.5) is 4.39 Å². The van der Waals surface area contributed by atoms with E-state index in [1.165, 1.54) is 18.2 Å². The van der Waals surface area contributed by atoms with Gasteiger partial charge in [0.2, 0.25) is 0 Å². The van der Waals surface area contributed by atoms with Gasteiger partial charge in [-0.25, -0.2) is 4.39 Å². The Hall–Kier alpha value is -1.13. The van der Waals surface area contributed by atoms with Crippen LogP contribution in [0.5, 0.6) is 0 Å². The maximum absolute atomic E-state index is 13.0. The van der Waals surface area contributed by atoms with Crippen molar-refractivity contribution in [3.05, 3.63) is 34.6 Å². The molecule has 0 radical (unpaired) electrons. The topological polar surface area (TPSA) is 63.3 Å². The molecule has 0 spiro atoms. The largest absolute Gasteiger partial charge is 0.481 e. The Morgan fingerprint density at radius 1 is 1.53 bits per heavy atom. The highest BCUT2D eigenvalue weighted by atomic mass is 35.5. The van der Waals surface area contributed by atoms with E-state index < -0.39 is 17.7 Å². The second kappa shape index (κ2) is 5.09. The maximum atomic E-state index is 13.0. The highest BCUT2D eigenvalue weighted by Crippen LogP contribution is 2.23. The lowest BCUT2D eigenvalue weighted by Gasteiger charge is -2.12. The van der Waals surface area contributed by atoms with Crippen LogP contribution in [-0.4, -0.2) is 17.6 Å². The van der Waals surface area contributed by atoms with Crippen molar-refractivity contribution in [1.82, 2.24) is 0 Å². The van der Waals surface area contributed by atoms with Gasteiger partial charge in [-0.05, 0) is 30.3 Å². The third-order valence-electron chi connectivity index (χ3n) is 2.06. The number of carbonyl (C=O) groups is 1. The van der Waals surface area contributed by atoms with Crippen LogP contribution in [0, 0.1) is 5.82 Å². The van der Waals surface area contributed by atoms with Crippen molar-refractivity contribution >= 4 is 17.6 Å². The Morgan fingerprint density at radius 2 is 2.20 bits per heavy atom. The van der Waals surface area contributed by atoms with Crippen LogP contribution in [0.15, 0.2) is 18.2 Å². The van der Waals surface area contributed by atoms with E-state index in [1.54, 1.807) is 0 Å². The molecule has 1 atom stereocenters. The summed E-state index contributed by atoms with van der Waals surface area (Å²) in [6.45, 7) is 0.145. The minimum Gasteiger partial charge on any atom is -0.481 e. The van der Waals surface area contributed by atoms with Gasteiger partial charge in [0.1, 0.15) is 5.82 Å². The van der Waals surface area contributed by atoms with Crippen molar-refractivity contribution in [2.45, 2.75) is 12.3 Å². The van der Waals surface area contributed by atoms with Gasteiger partial charge in [0.15, 0.2) is 0 Å². The number of benzene rings is 1. The summed E-state index contributed by atoms with van der Waals surface area (Å²) in [5.41, 5.74) is 5.94. The average Bonchev–Trinajstić information content (AvgIpc) is 2.12. The van der Waals surface area contributed by atoms with Crippen molar-refractivity contribution in [3.63, 3.8) is 0 Å². The zero-order valence-corrected chi connectivity index (χ0v) is 8.67. The summed E-state index contributed by atoms with van der Waals surface area (Å²) in [4.78, 5) is 10.5. The molecule has 15 heavy (non-hydrogen) atoms. The Labute approximate surface area is 91.7 Å². The van der Waals surface area contributed by atoms with Crippen molar-refractivity contribution in [2.75, 3.05) is 6.54 Å². The second-order valence-corrected chi connectivity index (χ2v) is 3.67. The molecule has 0 saturated heterocycles. The van der Waals surface area contributed by atoms with E-state index in [9.17, 15) is 9.18 Å². The third-order valence-corrected chi connectivity index (χ3v) is 2.28. The van der Waals surface area contributed by atoms with Gasteiger partial charge in [-0.2, -0.15) is 0 Å². The zero-order chi connectivity index (χ0) is 11.4. The highest BCUT2D eigenvalue weighted by Gasteiger charge is 2.15. The van der Waals surface area contributed by atoms with Crippen molar-refractivity contribution in [1.29, 1.82) is 0 Å². The fraction of sp³-hybridized carbons (Fsp3) is 0.300. The first kappa shape index (κ1) is 11.9. The molecule has 1 aromatic rings. The molecule has 1 rings (SSSR count). The molecule has 0 heterocycles. The molecule has 0 aromatic heterocycles. The fourth-order valence-electron chi connectivity index (χ4n) is 1.36. The summed E-state index contributed by atoms with van der Waals surface area (Å²) in [5.74, 6) is -1.86. The first-order valence-corrected chi connectivity index (χ1v) is 4.78. The van der Waals surface area contributed by atoms with Gasteiger partial charge in [0.25, 0.3) is 0 Å². The molecule has 5 heteroatoms. The van der Waals surface area contributed by atoms with Crippen LogP contribution < -0.4 is 5.73 Å². The van der Waals surface area contributed by atoms with Crippen molar-refractivity contribution in [2.24, 2.45) is 5.73 Å². The number of halogens is 2. The van der Waals surface area contributed by atoms with Crippen LogP contribution in [0.25, 0.3) is 0 Å². The van der Waals surface area contributed by atoms with Crippen molar-refractivity contribution in [3.8, 4) is 0 Å². The van der Waals surface area contributed by atoms with Gasteiger partial charge < -0.3 is 10.8 Å². The average molecular weight is 232 g/mol. The molecule has 0 aliphatic rings. The number of aliphatic carboxylic acids is 1. The summed E-state index contributed by atoms with van der Waals surface area (Å²) in [7, 11) is 0. The molecule has 0 aliphatic carbocycles. The van der Waals surface area contributed by atoms with Crippen LogP contribution >= 0.6 is 11.6 Å². The minimum atomic E-state index is -0.967. The van der Waals surface area contributed by atoms with E-state index in [-0.39, 0.29) is 18.0 Å². The van der Waals surface area contributed by atoms with E-state index in [0.29, 0.717) is 5.56 Å². The van der Waals surface area contributed by atoms with Gasteiger partial charge in [-0.3, -0.25) is 4.79 Å². The van der Waals surface area contributed by atoms with E-state index >= 15 is 0 Å². The summed E-state index contributed by atoms with van der Waals surface area (Å²) < 4.78 is 13.0. The quantitative estimate of drug-likeness (QED) is 0.833. The summed E-state index contributed by atoms with van der Waals surface area (Å²) in [6.07, 6.45) is -0.129. The molecular formula is C10H11ClFNO2.